The number of ether oxygens (including phenoxy) is 1. The number of piperazine rings is 1. The molecule has 0 radical (unpaired) electrons. The number of carbonyl (C=O) groups is 1. The summed E-state index contributed by atoms with van der Waals surface area (Å²) in [6.45, 7) is 6.99. The Balaban J connectivity index is 1.22. The number of fused-ring (bicyclic) bond motifs is 1. The predicted octanol–water partition coefficient (Wildman–Crippen LogP) is 2.22. The minimum Gasteiger partial charge on any atom is -0.495 e. The molecule has 1 aromatic carbocycles. The first kappa shape index (κ1) is 21.9. The first-order valence-electron chi connectivity index (χ1n) is 11.4. The number of methoxy groups -OCH3 is 1. The summed E-state index contributed by atoms with van der Waals surface area (Å²) in [7, 11) is 1.69. The molecule has 176 valence electrons. The standard InChI is InChI=1S/C24H28N8O2/c1-17-19(18(2)32(27-17)23-10-9-22-26-25-16-31(22)28-23)8-11-24(33)30-14-12-29(13-15-30)20-6-4-5-7-21(20)34-3/h4-7,9-10,16H,8,11-15H2,1-3H3. The maximum absolute atomic E-state index is 13.0. The molecule has 4 heterocycles. The van der Waals surface area contributed by atoms with Gasteiger partial charge in [0.1, 0.15) is 12.1 Å². The van der Waals surface area contributed by atoms with Gasteiger partial charge in [0, 0.05) is 38.3 Å². The molecular formula is C24H28N8O2. The Hall–Kier alpha value is -3.95. The number of para-hydroxylation sites is 2. The molecule has 1 fully saturated rings. The van der Waals surface area contributed by atoms with Crippen LogP contribution in [-0.4, -0.2) is 73.7 Å². The summed E-state index contributed by atoms with van der Waals surface area (Å²) in [5, 5.41) is 17.1. The third-order valence-electron chi connectivity index (χ3n) is 6.45. The van der Waals surface area contributed by atoms with Crippen LogP contribution in [-0.2, 0) is 11.2 Å². The molecule has 10 heteroatoms. The maximum atomic E-state index is 13.0. The van der Waals surface area contributed by atoms with E-state index in [1.165, 1.54) is 0 Å². The van der Waals surface area contributed by atoms with Crippen molar-refractivity contribution < 1.29 is 9.53 Å². The van der Waals surface area contributed by atoms with Crippen LogP contribution in [0.25, 0.3) is 11.5 Å². The quantitative estimate of drug-likeness (QED) is 0.435. The lowest BCUT2D eigenvalue weighted by Crippen LogP contribution is -2.49. The minimum absolute atomic E-state index is 0.176. The summed E-state index contributed by atoms with van der Waals surface area (Å²) >= 11 is 0. The van der Waals surface area contributed by atoms with Gasteiger partial charge in [-0.3, -0.25) is 4.79 Å². The fourth-order valence-corrected chi connectivity index (χ4v) is 4.57. The molecule has 0 atom stereocenters. The molecular weight excluding hydrogens is 432 g/mol. The van der Waals surface area contributed by atoms with Crippen molar-refractivity contribution in [1.29, 1.82) is 0 Å². The van der Waals surface area contributed by atoms with Crippen LogP contribution >= 0.6 is 0 Å². The molecule has 1 saturated heterocycles. The number of aromatic nitrogens is 6. The number of anilines is 1. The first-order chi connectivity index (χ1) is 16.5. The van der Waals surface area contributed by atoms with Crippen molar-refractivity contribution in [1.82, 2.24) is 34.5 Å². The van der Waals surface area contributed by atoms with Crippen LogP contribution in [0.3, 0.4) is 0 Å². The Morgan fingerprint density at radius 3 is 2.62 bits per heavy atom. The Morgan fingerprint density at radius 2 is 1.82 bits per heavy atom. The molecule has 0 spiro atoms. The number of rotatable bonds is 6. The van der Waals surface area contributed by atoms with E-state index < -0.39 is 0 Å². The monoisotopic (exact) mass is 460 g/mol. The van der Waals surface area contributed by atoms with Crippen LogP contribution in [0.15, 0.2) is 42.7 Å². The van der Waals surface area contributed by atoms with Crippen LogP contribution in [0.1, 0.15) is 23.4 Å². The topological polar surface area (TPSA) is 93.7 Å². The van der Waals surface area contributed by atoms with Gasteiger partial charge in [-0.2, -0.15) is 9.61 Å². The molecule has 0 N–H and O–H groups in total. The summed E-state index contributed by atoms with van der Waals surface area (Å²) in [4.78, 5) is 17.2. The van der Waals surface area contributed by atoms with Crippen LogP contribution < -0.4 is 9.64 Å². The van der Waals surface area contributed by atoms with Crippen LogP contribution in [0, 0.1) is 13.8 Å². The fourth-order valence-electron chi connectivity index (χ4n) is 4.57. The highest BCUT2D eigenvalue weighted by atomic mass is 16.5. The molecule has 34 heavy (non-hydrogen) atoms. The Bertz CT molecular complexity index is 1320. The molecule has 0 aliphatic carbocycles. The van der Waals surface area contributed by atoms with Gasteiger partial charge in [0.2, 0.25) is 5.91 Å². The number of amides is 1. The highest BCUT2D eigenvalue weighted by molar-refractivity contribution is 5.77. The van der Waals surface area contributed by atoms with Gasteiger partial charge in [-0.15, -0.1) is 15.3 Å². The predicted molar refractivity (Wildman–Crippen MR) is 127 cm³/mol. The number of aryl methyl sites for hydroxylation is 1. The van der Waals surface area contributed by atoms with Gasteiger partial charge >= 0.3 is 0 Å². The third kappa shape index (κ3) is 4.07. The van der Waals surface area contributed by atoms with Gasteiger partial charge in [0.25, 0.3) is 0 Å². The van der Waals surface area contributed by atoms with Crippen LogP contribution in [0.2, 0.25) is 0 Å². The van der Waals surface area contributed by atoms with Crippen molar-refractivity contribution in [3.05, 3.63) is 59.7 Å². The van der Waals surface area contributed by atoms with Crippen molar-refractivity contribution in [2.45, 2.75) is 26.7 Å². The average Bonchev–Trinajstić information content (AvgIpc) is 3.45. The Morgan fingerprint density at radius 1 is 1.03 bits per heavy atom. The smallest absolute Gasteiger partial charge is 0.223 e. The number of nitrogens with zero attached hydrogens (tertiary/aromatic N) is 8. The second-order valence-electron chi connectivity index (χ2n) is 8.43. The zero-order chi connectivity index (χ0) is 23.7. The minimum atomic E-state index is 0.176. The molecule has 0 bridgehead atoms. The number of carbonyl (C=O) groups excluding carboxylic acids is 1. The SMILES string of the molecule is COc1ccccc1N1CCN(C(=O)CCc2c(C)nn(-c3ccc4nncn4n3)c2C)CC1. The molecule has 3 aromatic heterocycles. The molecule has 10 nitrogen and oxygen atoms in total. The first-order valence-corrected chi connectivity index (χ1v) is 11.4. The Labute approximate surface area is 197 Å². The lowest BCUT2D eigenvalue weighted by molar-refractivity contribution is -0.131. The molecule has 5 rings (SSSR count). The van der Waals surface area contributed by atoms with E-state index in [-0.39, 0.29) is 5.91 Å². The maximum Gasteiger partial charge on any atom is 0.223 e. The molecule has 0 saturated carbocycles. The number of benzene rings is 1. The van der Waals surface area contributed by atoms with Gasteiger partial charge in [-0.1, -0.05) is 12.1 Å². The van der Waals surface area contributed by atoms with E-state index in [0.29, 0.717) is 37.4 Å². The van der Waals surface area contributed by atoms with Crippen molar-refractivity contribution in [3.8, 4) is 11.6 Å². The summed E-state index contributed by atoms with van der Waals surface area (Å²) in [6, 6.07) is 11.8. The summed E-state index contributed by atoms with van der Waals surface area (Å²) in [6.07, 6.45) is 2.68. The van der Waals surface area contributed by atoms with Gasteiger partial charge in [-0.25, -0.2) is 4.68 Å². The van der Waals surface area contributed by atoms with E-state index >= 15 is 0 Å². The average molecular weight is 461 g/mol. The summed E-state index contributed by atoms with van der Waals surface area (Å²) in [5.41, 5.74) is 4.76. The van der Waals surface area contributed by atoms with Gasteiger partial charge < -0.3 is 14.5 Å². The van der Waals surface area contributed by atoms with E-state index in [0.717, 1.165) is 41.5 Å². The largest absolute Gasteiger partial charge is 0.495 e. The van der Waals surface area contributed by atoms with Crippen molar-refractivity contribution in [2.24, 2.45) is 0 Å². The Kier molecular flexibility index (Phi) is 5.87. The summed E-state index contributed by atoms with van der Waals surface area (Å²) < 4.78 is 8.94. The van der Waals surface area contributed by atoms with Crippen molar-refractivity contribution in [2.75, 3.05) is 38.2 Å². The zero-order valence-electron chi connectivity index (χ0n) is 19.7. The van der Waals surface area contributed by atoms with Crippen molar-refractivity contribution >= 4 is 17.2 Å². The lowest BCUT2D eigenvalue weighted by atomic mass is 10.1. The summed E-state index contributed by atoms with van der Waals surface area (Å²) in [5.74, 6) is 1.73. The van der Waals surface area contributed by atoms with Gasteiger partial charge in [0.05, 0.1) is 18.5 Å². The highest BCUT2D eigenvalue weighted by Crippen LogP contribution is 2.28. The van der Waals surface area contributed by atoms with Gasteiger partial charge in [-0.05, 0) is 50.1 Å². The van der Waals surface area contributed by atoms with E-state index in [2.05, 4.69) is 31.4 Å². The normalized spacial score (nSPS) is 14.1. The second-order valence-corrected chi connectivity index (χ2v) is 8.43. The van der Waals surface area contributed by atoms with E-state index in [4.69, 9.17) is 4.74 Å². The fraction of sp³-hybridized carbons (Fsp3) is 0.375. The zero-order valence-corrected chi connectivity index (χ0v) is 19.7. The molecule has 1 aliphatic heterocycles. The van der Waals surface area contributed by atoms with E-state index in [1.54, 1.807) is 18.0 Å². The molecule has 4 aromatic rings. The lowest BCUT2D eigenvalue weighted by Gasteiger charge is -2.36. The van der Waals surface area contributed by atoms with E-state index in [1.807, 2.05) is 53.8 Å². The molecule has 1 amide bonds. The van der Waals surface area contributed by atoms with Crippen LogP contribution in [0.5, 0.6) is 5.75 Å². The number of hydrogen-bond donors (Lipinski definition) is 0. The van der Waals surface area contributed by atoms with Crippen LogP contribution in [0.4, 0.5) is 5.69 Å². The molecule has 0 unspecified atom stereocenters. The van der Waals surface area contributed by atoms with E-state index in [9.17, 15) is 4.79 Å². The highest BCUT2D eigenvalue weighted by Gasteiger charge is 2.23. The second kappa shape index (κ2) is 9.12. The van der Waals surface area contributed by atoms with Gasteiger partial charge in [0.15, 0.2) is 11.5 Å². The number of hydrogen-bond acceptors (Lipinski definition) is 7. The van der Waals surface area contributed by atoms with Crippen molar-refractivity contribution in [3.63, 3.8) is 0 Å². The molecule has 1 aliphatic rings. The third-order valence-corrected chi connectivity index (χ3v) is 6.45.